The molecule has 0 spiro atoms. The molecule has 0 bridgehead atoms. The van der Waals surface area contributed by atoms with Crippen LogP contribution in [0.5, 0.6) is 0 Å². The molecule has 0 N–H and O–H groups in total. The van der Waals surface area contributed by atoms with Crippen molar-refractivity contribution in [1.29, 1.82) is 0 Å². The second-order valence-corrected chi connectivity index (χ2v) is 17.1. The first-order chi connectivity index (χ1) is 10.5. The quantitative estimate of drug-likeness (QED) is 0.700. The average molecular weight is 362 g/mol. The maximum absolute atomic E-state index is 6.48. The van der Waals surface area contributed by atoms with Gasteiger partial charge in [0.25, 0.3) is 0 Å². The van der Waals surface area contributed by atoms with Crippen LogP contribution < -0.4 is 0 Å². The Labute approximate surface area is 142 Å². The Morgan fingerprint density at radius 1 is 0.957 bits per heavy atom. The number of hydrogen-bond acceptors (Lipinski definition) is 6. The summed E-state index contributed by atoms with van der Waals surface area (Å²) < 4.78 is 36.1. The number of methoxy groups -OCH3 is 1. The van der Waals surface area contributed by atoms with Crippen molar-refractivity contribution in [3.05, 3.63) is 0 Å². The molecule has 134 valence electrons. The van der Waals surface area contributed by atoms with Crippen molar-refractivity contribution in [3.8, 4) is 0 Å². The van der Waals surface area contributed by atoms with Crippen LogP contribution in [0.1, 0.15) is 0 Å². The highest BCUT2D eigenvalue weighted by Gasteiger charge is 2.52. The minimum Gasteiger partial charge on any atom is -0.409 e. The first-order valence-electron chi connectivity index (χ1n) is 8.31. The van der Waals surface area contributed by atoms with Crippen molar-refractivity contribution in [2.45, 2.75) is 76.8 Å². The Balaban J connectivity index is 2.29. The Kier molecular flexibility index (Phi) is 6.17. The van der Waals surface area contributed by atoms with E-state index in [0.29, 0.717) is 6.61 Å². The molecule has 0 aromatic rings. The molecule has 0 amide bonds. The van der Waals surface area contributed by atoms with Crippen molar-refractivity contribution in [3.63, 3.8) is 0 Å². The molecule has 0 saturated carbocycles. The third-order valence-corrected chi connectivity index (χ3v) is 5.61. The van der Waals surface area contributed by atoms with E-state index in [-0.39, 0.29) is 31.5 Å². The molecule has 2 fully saturated rings. The highest BCUT2D eigenvalue weighted by molar-refractivity contribution is 6.70. The molecule has 0 radical (unpaired) electrons. The van der Waals surface area contributed by atoms with Gasteiger partial charge in [0.05, 0.1) is 12.7 Å². The van der Waals surface area contributed by atoms with Gasteiger partial charge in [0.15, 0.2) is 22.9 Å². The van der Waals surface area contributed by atoms with Crippen molar-refractivity contribution in [2.24, 2.45) is 0 Å². The van der Waals surface area contributed by atoms with Crippen LogP contribution in [0.3, 0.4) is 0 Å². The van der Waals surface area contributed by atoms with E-state index in [1.165, 1.54) is 0 Å². The van der Waals surface area contributed by atoms with Crippen molar-refractivity contribution in [1.82, 2.24) is 0 Å². The van der Waals surface area contributed by atoms with E-state index >= 15 is 0 Å². The van der Waals surface area contributed by atoms with Crippen LogP contribution in [0.4, 0.5) is 0 Å². The minimum absolute atomic E-state index is 0.195. The molecule has 0 aromatic carbocycles. The fourth-order valence-corrected chi connectivity index (χ4v) is 5.08. The maximum Gasteiger partial charge on any atom is 0.453 e. The number of hydrogen-bond donors (Lipinski definition) is 0. The lowest BCUT2D eigenvalue weighted by molar-refractivity contribution is -0.292. The summed E-state index contributed by atoms with van der Waals surface area (Å²) in [6.45, 7) is 15.4. The monoisotopic (exact) mass is 362 g/mol. The predicted molar refractivity (Wildman–Crippen MR) is 94.6 cm³/mol. The summed E-state index contributed by atoms with van der Waals surface area (Å²) in [5, 5.41) is 0. The van der Waals surface area contributed by atoms with Crippen LogP contribution in [0, 0.1) is 0 Å². The van der Waals surface area contributed by atoms with Gasteiger partial charge in [0.1, 0.15) is 18.3 Å². The third-order valence-electron chi connectivity index (χ3n) is 3.65. The number of ether oxygens (including phenoxy) is 2. The van der Waals surface area contributed by atoms with Crippen LogP contribution in [0.25, 0.3) is 0 Å². The molecule has 6 nitrogen and oxygen atoms in total. The van der Waals surface area contributed by atoms with Gasteiger partial charge in [-0.05, 0) is 46.1 Å². The summed E-state index contributed by atoms with van der Waals surface area (Å²) in [7, 11) is -2.23. The molecular weight excluding hydrogens is 331 g/mol. The molecule has 0 unspecified atom stereocenters. The minimum atomic E-state index is -1.80. The summed E-state index contributed by atoms with van der Waals surface area (Å²) in [6, 6.07) is 0. The smallest absolute Gasteiger partial charge is 0.409 e. The van der Waals surface area contributed by atoms with E-state index in [0.717, 1.165) is 0 Å². The van der Waals surface area contributed by atoms with Gasteiger partial charge >= 0.3 is 7.12 Å². The van der Waals surface area contributed by atoms with Crippen LogP contribution in [-0.2, 0) is 27.6 Å². The van der Waals surface area contributed by atoms with Gasteiger partial charge in [-0.15, -0.1) is 0 Å². The molecule has 0 aliphatic carbocycles. The van der Waals surface area contributed by atoms with Crippen molar-refractivity contribution < 1.29 is 27.6 Å². The highest BCUT2D eigenvalue weighted by Crippen LogP contribution is 2.34. The zero-order valence-corrected chi connectivity index (χ0v) is 17.6. The Morgan fingerprint density at radius 2 is 1.52 bits per heavy atom. The number of fused-ring (bicyclic) bond motifs is 1. The van der Waals surface area contributed by atoms with Crippen molar-refractivity contribution in [2.75, 3.05) is 13.7 Å². The van der Waals surface area contributed by atoms with E-state index < -0.39 is 22.9 Å². The maximum atomic E-state index is 6.48. The Hall–Kier alpha value is 0.259. The molecule has 2 rings (SSSR count). The summed E-state index contributed by atoms with van der Waals surface area (Å²) in [6.07, 6.45) is -1.35. The second kappa shape index (κ2) is 7.25. The fraction of sp³-hybridized carbons (Fsp3) is 1.00. The normalized spacial score (nSPS) is 36.0. The zero-order valence-electron chi connectivity index (χ0n) is 15.6. The zero-order chi connectivity index (χ0) is 17.4. The van der Waals surface area contributed by atoms with E-state index in [1.54, 1.807) is 7.11 Å². The van der Waals surface area contributed by atoms with Crippen molar-refractivity contribution >= 4 is 23.8 Å². The van der Waals surface area contributed by atoms with Gasteiger partial charge < -0.3 is 27.6 Å². The standard InChI is InChI=1S/C14H31BO6Si2/c1-15-17-9-10-11(19-15)12(20-22(3,4)5)13(14(16-2)18-10)21-23(6,7)8/h10-14H,9H2,1-8H3/t10-,11-,12+,13-,14+/m1/s1. The van der Waals surface area contributed by atoms with E-state index in [4.69, 9.17) is 27.6 Å². The molecule has 5 atom stereocenters. The highest BCUT2D eigenvalue weighted by atomic mass is 28.4. The summed E-state index contributed by atoms with van der Waals surface area (Å²) >= 11 is 0. The SMILES string of the molecule is CO[C@H]1O[C@@H]2COB(C)O[C@H]2[C@H](O[Si](C)(C)C)[C@H]1O[Si](C)(C)C. The molecule has 23 heavy (non-hydrogen) atoms. The van der Waals surface area contributed by atoms with Crippen LogP contribution in [0.15, 0.2) is 0 Å². The third kappa shape index (κ3) is 5.37. The molecule has 0 aromatic heterocycles. The second-order valence-electron chi connectivity index (χ2n) is 8.17. The number of rotatable bonds is 5. The molecule has 2 aliphatic rings. The first-order valence-corrected chi connectivity index (χ1v) is 15.1. The van der Waals surface area contributed by atoms with Crippen LogP contribution in [0.2, 0.25) is 46.1 Å². The molecule has 2 saturated heterocycles. The first kappa shape index (κ1) is 19.6. The Bertz CT molecular complexity index is 400. The van der Waals surface area contributed by atoms with E-state index in [9.17, 15) is 0 Å². The van der Waals surface area contributed by atoms with Gasteiger partial charge in [-0.25, -0.2) is 0 Å². The lowest BCUT2D eigenvalue weighted by Gasteiger charge is -2.51. The Morgan fingerprint density at radius 3 is 2.04 bits per heavy atom. The van der Waals surface area contributed by atoms with Gasteiger partial charge in [-0.1, -0.05) is 0 Å². The lowest BCUT2D eigenvalue weighted by Crippen LogP contribution is -2.67. The van der Waals surface area contributed by atoms with Crippen LogP contribution in [-0.4, -0.2) is 68.2 Å². The predicted octanol–water partition coefficient (Wildman–Crippen LogP) is 2.33. The van der Waals surface area contributed by atoms with Gasteiger partial charge in [-0.3, -0.25) is 0 Å². The summed E-state index contributed by atoms with van der Waals surface area (Å²) in [4.78, 5) is 0. The van der Waals surface area contributed by atoms with E-state index in [1.807, 2.05) is 6.82 Å². The van der Waals surface area contributed by atoms with Crippen LogP contribution >= 0.6 is 0 Å². The van der Waals surface area contributed by atoms with Gasteiger partial charge in [-0.2, -0.15) is 0 Å². The molecular formula is C14H31BO6Si2. The van der Waals surface area contributed by atoms with Gasteiger partial charge in [0, 0.05) is 7.11 Å². The molecule has 2 heterocycles. The largest absolute Gasteiger partial charge is 0.453 e. The fourth-order valence-electron chi connectivity index (χ4n) is 2.93. The van der Waals surface area contributed by atoms with E-state index in [2.05, 4.69) is 39.3 Å². The summed E-state index contributed by atoms with van der Waals surface area (Å²) in [5.41, 5.74) is 0. The summed E-state index contributed by atoms with van der Waals surface area (Å²) in [5.74, 6) is 0. The topological polar surface area (TPSA) is 55.4 Å². The molecule has 2 aliphatic heterocycles. The average Bonchev–Trinajstić information content (AvgIpc) is 2.38. The lowest BCUT2D eigenvalue weighted by atomic mass is 9.88. The van der Waals surface area contributed by atoms with Gasteiger partial charge in [0.2, 0.25) is 0 Å². The molecule has 9 heteroatoms.